The van der Waals surface area contributed by atoms with Gasteiger partial charge in [-0.15, -0.1) is 0 Å². The van der Waals surface area contributed by atoms with Crippen LogP contribution in [0.2, 0.25) is 0 Å². The predicted molar refractivity (Wildman–Crippen MR) is 135 cm³/mol. The SMILES string of the molecule is C=CC(=O)Nc1ccc(Oc2c(C)cccc2C)c(-c2cn(C)c(=O)c3c2NC(=O)C(C)(C)O3)c1. The van der Waals surface area contributed by atoms with E-state index in [4.69, 9.17) is 9.47 Å². The van der Waals surface area contributed by atoms with Gasteiger partial charge in [0.05, 0.1) is 5.69 Å². The first-order chi connectivity index (χ1) is 16.5. The van der Waals surface area contributed by atoms with E-state index in [0.717, 1.165) is 11.1 Å². The van der Waals surface area contributed by atoms with Gasteiger partial charge >= 0.3 is 0 Å². The van der Waals surface area contributed by atoms with Gasteiger partial charge in [0.1, 0.15) is 11.5 Å². The number of carbonyl (C=O) groups excluding carboxylic acids is 2. The second-order valence-electron chi connectivity index (χ2n) is 8.96. The number of hydrogen-bond acceptors (Lipinski definition) is 5. The van der Waals surface area contributed by atoms with Gasteiger partial charge in [0.15, 0.2) is 5.60 Å². The number of amides is 2. The van der Waals surface area contributed by atoms with E-state index in [1.807, 2.05) is 32.0 Å². The van der Waals surface area contributed by atoms with Crippen LogP contribution in [0.3, 0.4) is 0 Å². The van der Waals surface area contributed by atoms with Crippen molar-refractivity contribution in [2.75, 3.05) is 10.6 Å². The van der Waals surface area contributed by atoms with Gasteiger partial charge in [-0.2, -0.15) is 0 Å². The molecule has 2 amide bonds. The average Bonchev–Trinajstić information content (AvgIpc) is 2.80. The third-order valence-corrected chi connectivity index (χ3v) is 5.82. The molecule has 0 aliphatic carbocycles. The van der Waals surface area contributed by atoms with Crippen molar-refractivity contribution in [3.63, 3.8) is 0 Å². The van der Waals surface area contributed by atoms with E-state index in [0.29, 0.717) is 28.3 Å². The Kier molecular flexibility index (Phi) is 5.98. The quantitative estimate of drug-likeness (QED) is 0.524. The van der Waals surface area contributed by atoms with Crippen LogP contribution in [-0.2, 0) is 16.6 Å². The molecule has 0 bridgehead atoms. The summed E-state index contributed by atoms with van der Waals surface area (Å²) in [5, 5.41) is 5.58. The van der Waals surface area contributed by atoms with Crippen molar-refractivity contribution >= 4 is 23.2 Å². The lowest BCUT2D eigenvalue weighted by molar-refractivity contribution is -0.129. The van der Waals surface area contributed by atoms with Gasteiger partial charge in [-0.3, -0.25) is 14.4 Å². The molecule has 0 saturated carbocycles. The number of aryl methyl sites for hydroxylation is 3. The first kappa shape index (κ1) is 23.8. The molecule has 0 fully saturated rings. The molecule has 8 heteroatoms. The number of ether oxygens (including phenoxy) is 2. The van der Waals surface area contributed by atoms with E-state index in [1.165, 1.54) is 10.6 Å². The number of fused-ring (bicyclic) bond motifs is 1. The Balaban J connectivity index is 1.96. The summed E-state index contributed by atoms with van der Waals surface area (Å²) in [6.45, 7) is 10.6. The molecule has 1 aliphatic rings. The van der Waals surface area contributed by atoms with Gasteiger partial charge in [0.2, 0.25) is 11.7 Å². The Hall–Kier alpha value is -4.33. The Labute approximate surface area is 203 Å². The maximum absolute atomic E-state index is 12.9. The van der Waals surface area contributed by atoms with Crippen LogP contribution in [0.1, 0.15) is 25.0 Å². The molecule has 0 atom stereocenters. The zero-order valence-corrected chi connectivity index (χ0v) is 20.3. The van der Waals surface area contributed by atoms with E-state index >= 15 is 0 Å². The van der Waals surface area contributed by atoms with Crippen molar-refractivity contribution in [2.24, 2.45) is 7.05 Å². The Morgan fingerprint density at radius 2 is 1.83 bits per heavy atom. The molecule has 4 rings (SSSR count). The lowest BCUT2D eigenvalue weighted by Crippen LogP contribution is -2.47. The summed E-state index contributed by atoms with van der Waals surface area (Å²) in [5.41, 5.74) is 2.08. The highest BCUT2D eigenvalue weighted by molar-refractivity contribution is 6.05. The van der Waals surface area contributed by atoms with E-state index in [9.17, 15) is 14.4 Å². The topological polar surface area (TPSA) is 98.7 Å². The third kappa shape index (κ3) is 4.42. The molecular formula is C27H27N3O5. The lowest BCUT2D eigenvalue weighted by Gasteiger charge is -2.32. The number of aromatic nitrogens is 1. The number of pyridine rings is 1. The number of anilines is 2. The van der Waals surface area contributed by atoms with E-state index in [2.05, 4.69) is 17.2 Å². The van der Waals surface area contributed by atoms with Crippen molar-refractivity contribution in [3.05, 3.63) is 76.7 Å². The molecule has 1 aliphatic heterocycles. The van der Waals surface area contributed by atoms with Gasteiger partial charge in [-0.25, -0.2) is 0 Å². The van der Waals surface area contributed by atoms with Crippen LogP contribution in [0.15, 0.2) is 60.0 Å². The molecule has 0 spiro atoms. The van der Waals surface area contributed by atoms with Crippen molar-refractivity contribution in [1.29, 1.82) is 0 Å². The number of nitrogens with one attached hydrogen (secondary N) is 2. The minimum Gasteiger partial charge on any atom is -0.470 e. The summed E-state index contributed by atoms with van der Waals surface area (Å²) in [4.78, 5) is 37.6. The number of nitrogens with zero attached hydrogens (tertiary/aromatic N) is 1. The molecule has 2 N–H and O–H groups in total. The van der Waals surface area contributed by atoms with Crippen molar-refractivity contribution in [3.8, 4) is 28.4 Å². The van der Waals surface area contributed by atoms with Crippen LogP contribution in [0.4, 0.5) is 11.4 Å². The first-order valence-electron chi connectivity index (χ1n) is 11.1. The Morgan fingerprint density at radius 3 is 2.49 bits per heavy atom. The summed E-state index contributed by atoms with van der Waals surface area (Å²) in [6.07, 6.45) is 2.78. The largest absolute Gasteiger partial charge is 0.470 e. The number of rotatable bonds is 5. The molecule has 2 aromatic carbocycles. The zero-order valence-electron chi connectivity index (χ0n) is 20.3. The van der Waals surface area contributed by atoms with Gasteiger partial charge < -0.3 is 24.7 Å². The molecule has 1 aromatic heterocycles. The van der Waals surface area contributed by atoms with Gasteiger partial charge in [0.25, 0.3) is 11.5 Å². The summed E-state index contributed by atoms with van der Waals surface area (Å²) in [7, 11) is 1.61. The molecule has 35 heavy (non-hydrogen) atoms. The average molecular weight is 474 g/mol. The van der Waals surface area contributed by atoms with Crippen LogP contribution in [0.25, 0.3) is 11.1 Å². The van der Waals surface area contributed by atoms with Gasteiger partial charge in [0, 0.05) is 30.1 Å². The summed E-state index contributed by atoms with van der Waals surface area (Å²) in [6, 6.07) is 11.0. The second kappa shape index (κ2) is 8.79. The fourth-order valence-electron chi connectivity index (χ4n) is 3.87. The lowest BCUT2D eigenvalue weighted by atomic mass is 9.99. The Morgan fingerprint density at radius 1 is 1.14 bits per heavy atom. The van der Waals surface area contributed by atoms with Crippen LogP contribution < -0.4 is 25.7 Å². The zero-order chi connectivity index (χ0) is 25.5. The fourth-order valence-corrected chi connectivity index (χ4v) is 3.87. The molecule has 3 aromatic rings. The summed E-state index contributed by atoms with van der Waals surface area (Å²) < 4.78 is 13.6. The maximum atomic E-state index is 12.9. The standard InChI is InChI=1S/C27H27N3O5/c1-7-21(31)28-17-11-12-20(34-23-15(2)9-8-10-16(23)3)18(13-17)19-14-30(6)25(32)24-22(19)29-26(33)27(4,5)35-24/h7-14H,1H2,2-6H3,(H,28,31)(H,29,33). The fraction of sp³-hybridized carbons (Fsp3) is 0.222. The van der Waals surface area contributed by atoms with E-state index < -0.39 is 5.60 Å². The number of hydrogen-bond donors (Lipinski definition) is 2. The first-order valence-corrected chi connectivity index (χ1v) is 11.1. The number of para-hydroxylation sites is 1. The van der Waals surface area contributed by atoms with Gasteiger partial charge in [-0.1, -0.05) is 24.8 Å². The highest BCUT2D eigenvalue weighted by Crippen LogP contribution is 2.44. The molecule has 0 saturated heterocycles. The number of benzene rings is 2. The van der Waals surface area contributed by atoms with Crippen LogP contribution in [-0.4, -0.2) is 22.0 Å². The van der Waals surface area contributed by atoms with Crippen molar-refractivity contribution < 1.29 is 19.1 Å². The molecule has 2 heterocycles. The Bertz CT molecular complexity index is 1420. The molecule has 0 radical (unpaired) electrons. The summed E-state index contributed by atoms with van der Waals surface area (Å²) >= 11 is 0. The van der Waals surface area contributed by atoms with Crippen molar-refractivity contribution in [1.82, 2.24) is 4.57 Å². The second-order valence-corrected chi connectivity index (χ2v) is 8.96. The summed E-state index contributed by atoms with van der Waals surface area (Å²) in [5.74, 6) is 0.442. The number of carbonyl (C=O) groups is 2. The van der Waals surface area contributed by atoms with Gasteiger partial charge in [-0.05, 0) is 63.1 Å². The van der Waals surface area contributed by atoms with Crippen LogP contribution in [0.5, 0.6) is 17.2 Å². The monoisotopic (exact) mass is 473 g/mol. The predicted octanol–water partition coefficient (Wildman–Crippen LogP) is 4.70. The third-order valence-electron chi connectivity index (χ3n) is 5.82. The highest BCUT2D eigenvalue weighted by Gasteiger charge is 2.38. The highest BCUT2D eigenvalue weighted by atomic mass is 16.5. The smallest absolute Gasteiger partial charge is 0.294 e. The minimum absolute atomic E-state index is 0.0353. The minimum atomic E-state index is -1.21. The molecule has 0 unspecified atom stereocenters. The van der Waals surface area contributed by atoms with E-state index in [1.54, 1.807) is 45.3 Å². The maximum Gasteiger partial charge on any atom is 0.294 e. The van der Waals surface area contributed by atoms with Crippen LogP contribution in [0, 0.1) is 13.8 Å². The van der Waals surface area contributed by atoms with Crippen molar-refractivity contribution in [2.45, 2.75) is 33.3 Å². The van der Waals surface area contributed by atoms with E-state index in [-0.39, 0.29) is 28.8 Å². The molecule has 8 nitrogen and oxygen atoms in total. The normalized spacial score (nSPS) is 13.8. The van der Waals surface area contributed by atoms with Crippen LogP contribution >= 0.6 is 0 Å². The molecule has 180 valence electrons. The molecular weight excluding hydrogens is 446 g/mol.